The molecule has 1 aromatic heterocycles. The van der Waals surface area contributed by atoms with E-state index in [-0.39, 0.29) is 5.91 Å². The SMILES string of the molecule is CCOc1ncccc1C(=O)Nc1ccc(CC#N)cc1. The van der Waals surface area contributed by atoms with Crippen LogP contribution in [0.15, 0.2) is 42.6 Å². The lowest BCUT2D eigenvalue weighted by molar-refractivity contribution is 0.102. The Morgan fingerprint density at radius 1 is 1.33 bits per heavy atom. The number of aromatic nitrogens is 1. The van der Waals surface area contributed by atoms with Gasteiger partial charge < -0.3 is 10.1 Å². The standard InChI is InChI=1S/C16H15N3O2/c1-2-21-16-14(4-3-11-18-16)15(20)19-13-7-5-12(6-8-13)9-10-17/h3-8,11H,2,9H2,1H3,(H,19,20). The van der Waals surface area contributed by atoms with Gasteiger partial charge in [0, 0.05) is 11.9 Å². The van der Waals surface area contributed by atoms with Crippen LogP contribution in [0.2, 0.25) is 0 Å². The molecule has 1 aromatic carbocycles. The van der Waals surface area contributed by atoms with Gasteiger partial charge in [-0.2, -0.15) is 5.26 Å². The van der Waals surface area contributed by atoms with Crippen molar-refractivity contribution >= 4 is 11.6 Å². The lowest BCUT2D eigenvalue weighted by Gasteiger charge is -2.09. The molecule has 1 N–H and O–H groups in total. The minimum Gasteiger partial charge on any atom is -0.477 e. The number of carbonyl (C=O) groups excluding carboxylic acids is 1. The number of hydrogen-bond donors (Lipinski definition) is 1. The number of anilines is 1. The number of benzene rings is 1. The van der Waals surface area contributed by atoms with Gasteiger partial charge in [0.2, 0.25) is 5.88 Å². The average molecular weight is 281 g/mol. The van der Waals surface area contributed by atoms with Crippen LogP contribution in [0.5, 0.6) is 5.88 Å². The summed E-state index contributed by atoms with van der Waals surface area (Å²) in [7, 11) is 0. The molecular weight excluding hydrogens is 266 g/mol. The van der Waals surface area contributed by atoms with Crippen LogP contribution in [-0.4, -0.2) is 17.5 Å². The van der Waals surface area contributed by atoms with E-state index >= 15 is 0 Å². The zero-order chi connectivity index (χ0) is 15.1. The van der Waals surface area contributed by atoms with Gasteiger partial charge in [-0.1, -0.05) is 12.1 Å². The van der Waals surface area contributed by atoms with Crippen LogP contribution >= 0.6 is 0 Å². The third-order valence-electron chi connectivity index (χ3n) is 2.79. The van der Waals surface area contributed by atoms with E-state index in [2.05, 4.69) is 16.4 Å². The fourth-order valence-corrected chi connectivity index (χ4v) is 1.81. The minimum absolute atomic E-state index is 0.278. The molecule has 0 atom stereocenters. The summed E-state index contributed by atoms with van der Waals surface area (Å²) >= 11 is 0. The second-order valence-electron chi connectivity index (χ2n) is 4.28. The smallest absolute Gasteiger partial charge is 0.261 e. The number of pyridine rings is 1. The van der Waals surface area contributed by atoms with Gasteiger partial charge in [0.05, 0.1) is 19.1 Å². The van der Waals surface area contributed by atoms with Crippen LogP contribution < -0.4 is 10.1 Å². The number of ether oxygens (including phenoxy) is 1. The fourth-order valence-electron chi connectivity index (χ4n) is 1.81. The van der Waals surface area contributed by atoms with Crippen LogP contribution in [0.4, 0.5) is 5.69 Å². The summed E-state index contributed by atoms with van der Waals surface area (Å²) in [6.45, 7) is 2.28. The Kier molecular flexibility index (Phi) is 4.89. The van der Waals surface area contributed by atoms with E-state index in [1.165, 1.54) is 0 Å². The first-order valence-corrected chi connectivity index (χ1v) is 6.59. The van der Waals surface area contributed by atoms with E-state index in [0.29, 0.717) is 30.2 Å². The lowest BCUT2D eigenvalue weighted by Crippen LogP contribution is -2.14. The number of nitriles is 1. The monoisotopic (exact) mass is 281 g/mol. The van der Waals surface area contributed by atoms with Crippen molar-refractivity contribution in [1.29, 1.82) is 5.26 Å². The first-order valence-electron chi connectivity index (χ1n) is 6.59. The van der Waals surface area contributed by atoms with Crippen molar-refractivity contribution in [3.8, 4) is 11.9 Å². The predicted molar refractivity (Wildman–Crippen MR) is 79.1 cm³/mol. The Labute approximate surface area is 123 Å². The Morgan fingerprint density at radius 3 is 2.76 bits per heavy atom. The molecule has 5 nitrogen and oxygen atoms in total. The van der Waals surface area contributed by atoms with E-state index in [1.54, 1.807) is 30.5 Å². The Balaban J connectivity index is 2.13. The maximum atomic E-state index is 12.2. The Bertz CT molecular complexity index is 660. The third kappa shape index (κ3) is 3.80. The van der Waals surface area contributed by atoms with Gasteiger partial charge in [-0.25, -0.2) is 4.98 Å². The lowest BCUT2D eigenvalue weighted by atomic mass is 10.1. The van der Waals surface area contributed by atoms with Gasteiger partial charge in [-0.15, -0.1) is 0 Å². The second-order valence-corrected chi connectivity index (χ2v) is 4.28. The van der Waals surface area contributed by atoms with Gasteiger partial charge in [0.15, 0.2) is 0 Å². The van der Waals surface area contributed by atoms with Crippen LogP contribution in [0.3, 0.4) is 0 Å². The van der Waals surface area contributed by atoms with Crippen molar-refractivity contribution in [2.24, 2.45) is 0 Å². The van der Waals surface area contributed by atoms with Gasteiger partial charge in [-0.3, -0.25) is 4.79 Å². The molecule has 0 radical (unpaired) electrons. The van der Waals surface area contributed by atoms with Gasteiger partial charge >= 0.3 is 0 Å². The minimum atomic E-state index is -0.278. The maximum absolute atomic E-state index is 12.2. The molecule has 5 heteroatoms. The molecule has 0 saturated heterocycles. The molecular formula is C16H15N3O2. The quantitative estimate of drug-likeness (QED) is 0.914. The number of hydrogen-bond acceptors (Lipinski definition) is 4. The van der Waals surface area contributed by atoms with Gasteiger partial charge in [-0.05, 0) is 36.8 Å². The zero-order valence-corrected chi connectivity index (χ0v) is 11.7. The number of rotatable bonds is 5. The molecule has 0 fully saturated rings. The highest BCUT2D eigenvalue weighted by atomic mass is 16.5. The highest BCUT2D eigenvalue weighted by Crippen LogP contribution is 2.17. The fraction of sp³-hybridized carbons (Fsp3) is 0.188. The summed E-state index contributed by atoms with van der Waals surface area (Å²) in [6, 6.07) is 12.6. The molecule has 106 valence electrons. The molecule has 0 saturated carbocycles. The maximum Gasteiger partial charge on any atom is 0.261 e. The number of carbonyl (C=O) groups is 1. The van der Waals surface area contributed by atoms with E-state index in [1.807, 2.05) is 19.1 Å². The highest BCUT2D eigenvalue weighted by molar-refractivity contribution is 6.05. The van der Waals surface area contributed by atoms with Crippen LogP contribution in [-0.2, 0) is 6.42 Å². The summed E-state index contributed by atoms with van der Waals surface area (Å²) in [6.07, 6.45) is 1.93. The van der Waals surface area contributed by atoms with Crippen molar-refractivity contribution < 1.29 is 9.53 Å². The molecule has 0 bridgehead atoms. The van der Waals surface area contributed by atoms with Crippen molar-refractivity contribution in [1.82, 2.24) is 4.98 Å². The Hall–Kier alpha value is -2.87. The summed E-state index contributed by atoms with van der Waals surface area (Å²) < 4.78 is 5.34. The zero-order valence-electron chi connectivity index (χ0n) is 11.7. The normalized spacial score (nSPS) is 9.71. The first-order chi connectivity index (χ1) is 10.2. The van der Waals surface area contributed by atoms with Crippen molar-refractivity contribution in [2.45, 2.75) is 13.3 Å². The van der Waals surface area contributed by atoms with E-state index in [4.69, 9.17) is 10.00 Å². The molecule has 0 aliphatic carbocycles. The highest BCUT2D eigenvalue weighted by Gasteiger charge is 2.13. The molecule has 0 aliphatic rings. The number of amides is 1. The summed E-state index contributed by atoms with van der Waals surface area (Å²) in [5.74, 6) is 0.0400. The molecule has 2 aromatic rings. The largest absolute Gasteiger partial charge is 0.477 e. The molecule has 0 unspecified atom stereocenters. The third-order valence-corrected chi connectivity index (χ3v) is 2.79. The van der Waals surface area contributed by atoms with Crippen molar-refractivity contribution in [3.05, 3.63) is 53.7 Å². The van der Waals surface area contributed by atoms with Crippen molar-refractivity contribution in [3.63, 3.8) is 0 Å². The van der Waals surface area contributed by atoms with Crippen LogP contribution in [0.1, 0.15) is 22.8 Å². The molecule has 0 spiro atoms. The topological polar surface area (TPSA) is 75.0 Å². The molecule has 1 heterocycles. The average Bonchev–Trinajstić information content (AvgIpc) is 2.50. The van der Waals surface area contributed by atoms with Crippen molar-refractivity contribution in [2.75, 3.05) is 11.9 Å². The first kappa shape index (κ1) is 14.5. The summed E-state index contributed by atoms with van der Waals surface area (Å²) in [4.78, 5) is 16.3. The number of nitrogens with zero attached hydrogens (tertiary/aromatic N) is 2. The van der Waals surface area contributed by atoms with Crippen LogP contribution in [0.25, 0.3) is 0 Å². The number of nitrogens with one attached hydrogen (secondary N) is 1. The molecule has 2 rings (SSSR count). The van der Waals surface area contributed by atoms with Crippen LogP contribution in [0, 0.1) is 11.3 Å². The van der Waals surface area contributed by atoms with E-state index < -0.39 is 0 Å². The van der Waals surface area contributed by atoms with Gasteiger partial charge in [0.1, 0.15) is 5.56 Å². The van der Waals surface area contributed by atoms with E-state index in [0.717, 1.165) is 5.56 Å². The van der Waals surface area contributed by atoms with E-state index in [9.17, 15) is 4.79 Å². The van der Waals surface area contributed by atoms with Gasteiger partial charge in [0.25, 0.3) is 5.91 Å². The predicted octanol–water partition coefficient (Wildman–Crippen LogP) is 2.80. The molecule has 1 amide bonds. The summed E-state index contributed by atoms with van der Waals surface area (Å²) in [5, 5.41) is 11.4. The molecule has 0 aliphatic heterocycles. The Morgan fingerprint density at radius 2 is 2.10 bits per heavy atom. The second kappa shape index (κ2) is 7.06. The molecule has 21 heavy (non-hydrogen) atoms. The summed E-state index contributed by atoms with van der Waals surface area (Å²) in [5.41, 5.74) is 1.96.